The van der Waals surface area contributed by atoms with Gasteiger partial charge in [0.1, 0.15) is 12.4 Å². The minimum Gasteiger partial charge on any atom is -0.496 e. The number of methoxy groups -OCH3 is 1. The largest absolute Gasteiger partial charge is 0.496 e. The van der Waals surface area contributed by atoms with E-state index in [9.17, 15) is 4.79 Å². The lowest BCUT2D eigenvalue weighted by Crippen LogP contribution is -2.22. The fourth-order valence-electron chi connectivity index (χ4n) is 4.53. The number of fused-ring (bicyclic) bond motifs is 2. The van der Waals surface area contributed by atoms with Crippen LogP contribution in [0.1, 0.15) is 57.8 Å². The number of carbonyl (C=O) groups excluding carboxylic acids is 1. The van der Waals surface area contributed by atoms with Gasteiger partial charge < -0.3 is 14.8 Å². The molecule has 0 saturated carbocycles. The Morgan fingerprint density at radius 2 is 2.11 bits per heavy atom. The third kappa shape index (κ3) is 4.13. The van der Waals surface area contributed by atoms with Crippen molar-refractivity contribution in [3.63, 3.8) is 0 Å². The molecule has 0 spiro atoms. The quantitative estimate of drug-likeness (QED) is 0.738. The lowest BCUT2D eigenvalue weighted by Gasteiger charge is -2.27. The van der Waals surface area contributed by atoms with E-state index >= 15 is 0 Å². The summed E-state index contributed by atoms with van der Waals surface area (Å²) in [5.74, 6) is 1.76. The number of Topliss-reactive ketones (excluding diaryl/α,β-unsaturated/α-hetero) is 1. The number of nitrogens with one attached hydrogen (secondary N) is 1. The van der Waals surface area contributed by atoms with Gasteiger partial charge in [-0.3, -0.25) is 4.79 Å². The van der Waals surface area contributed by atoms with E-state index in [0.29, 0.717) is 12.5 Å². The Bertz CT molecular complexity index is 846. The van der Waals surface area contributed by atoms with Gasteiger partial charge in [-0.25, -0.2) is 0 Å². The topological polar surface area (TPSA) is 47.6 Å². The zero-order valence-corrected chi connectivity index (χ0v) is 16.6. The number of hydrogen-bond donors (Lipinski definition) is 1. The number of carbonyl (C=O) groups is 1. The maximum atomic E-state index is 12.0. The highest BCUT2D eigenvalue weighted by Crippen LogP contribution is 2.38. The first-order chi connectivity index (χ1) is 13.8. The molecule has 1 aliphatic carbocycles. The van der Waals surface area contributed by atoms with Crippen LogP contribution in [0.25, 0.3) is 0 Å². The minimum absolute atomic E-state index is 0.0995. The van der Waals surface area contributed by atoms with Gasteiger partial charge in [0, 0.05) is 5.56 Å². The average molecular weight is 380 g/mol. The van der Waals surface area contributed by atoms with Crippen molar-refractivity contribution in [2.24, 2.45) is 0 Å². The molecule has 1 heterocycles. The molecule has 2 aliphatic rings. The Hall–Kier alpha value is -2.17. The summed E-state index contributed by atoms with van der Waals surface area (Å²) in [5, 5.41) is 3.59. The second-order valence-corrected chi connectivity index (χ2v) is 7.81. The Morgan fingerprint density at radius 3 is 3.00 bits per heavy atom. The Labute approximate surface area is 167 Å². The number of hydrogen-bond acceptors (Lipinski definition) is 4. The fourth-order valence-corrected chi connectivity index (χ4v) is 4.53. The third-order valence-corrected chi connectivity index (χ3v) is 6.03. The molecule has 1 atom stereocenters. The van der Waals surface area contributed by atoms with Crippen molar-refractivity contribution >= 4 is 5.78 Å². The van der Waals surface area contributed by atoms with E-state index in [4.69, 9.17) is 9.47 Å². The van der Waals surface area contributed by atoms with Crippen LogP contribution < -0.4 is 10.1 Å². The molecule has 0 radical (unpaired) electrons. The van der Waals surface area contributed by atoms with E-state index in [1.165, 1.54) is 29.5 Å². The molecule has 4 rings (SSSR count). The molecule has 148 valence electrons. The van der Waals surface area contributed by atoms with Crippen LogP contribution in [0.2, 0.25) is 0 Å². The molecule has 0 fully saturated rings. The first-order valence-electron chi connectivity index (χ1n) is 10.4. The second-order valence-electron chi connectivity index (χ2n) is 7.81. The van der Waals surface area contributed by atoms with Gasteiger partial charge in [-0.2, -0.15) is 0 Å². The number of benzene rings is 2. The van der Waals surface area contributed by atoms with Crippen LogP contribution in [-0.4, -0.2) is 32.6 Å². The van der Waals surface area contributed by atoms with Crippen molar-refractivity contribution < 1.29 is 14.3 Å². The fraction of sp³-hybridized carbons (Fsp3) is 0.458. The van der Waals surface area contributed by atoms with Crippen molar-refractivity contribution in [2.45, 2.75) is 44.6 Å². The molecular weight excluding hydrogens is 350 g/mol. The summed E-state index contributed by atoms with van der Waals surface area (Å²) >= 11 is 0. The van der Waals surface area contributed by atoms with E-state index in [1.807, 2.05) is 12.1 Å². The summed E-state index contributed by atoms with van der Waals surface area (Å²) in [6.07, 6.45) is 5.73. The Morgan fingerprint density at radius 1 is 1.18 bits per heavy atom. The molecule has 2 aromatic rings. The maximum absolute atomic E-state index is 12.0. The van der Waals surface area contributed by atoms with Gasteiger partial charge in [0.2, 0.25) is 0 Å². The monoisotopic (exact) mass is 379 g/mol. The van der Waals surface area contributed by atoms with E-state index < -0.39 is 0 Å². The van der Waals surface area contributed by atoms with Gasteiger partial charge in [-0.05, 0) is 85.5 Å². The standard InChI is InChI=1S/C24H29NO3/c1-27-24-7-3-5-20-18(4-2-6-21(20)24)11-13-25-12-10-17-8-9-19-15-28-16-23(26)22(19)14-17/h3,5,7-9,14,18,25H,2,4,6,10-13,15-16H2,1H3. The van der Waals surface area contributed by atoms with E-state index in [0.717, 1.165) is 49.2 Å². The zero-order valence-electron chi connectivity index (χ0n) is 16.6. The van der Waals surface area contributed by atoms with E-state index in [1.54, 1.807) is 7.11 Å². The molecule has 28 heavy (non-hydrogen) atoms. The highest BCUT2D eigenvalue weighted by Gasteiger charge is 2.22. The van der Waals surface area contributed by atoms with Crippen LogP contribution in [0.4, 0.5) is 0 Å². The summed E-state index contributed by atoms with van der Waals surface area (Å²) in [6.45, 7) is 2.70. The highest BCUT2D eigenvalue weighted by atomic mass is 16.5. The van der Waals surface area contributed by atoms with Gasteiger partial charge >= 0.3 is 0 Å². The summed E-state index contributed by atoms with van der Waals surface area (Å²) < 4.78 is 10.8. The molecule has 4 heteroatoms. The molecule has 1 unspecified atom stereocenters. The maximum Gasteiger partial charge on any atom is 0.188 e. The summed E-state index contributed by atoms with van der Waals surface area (Å²) in [6, 6.07) is 12.7. The van der Waals surface area contributed by atoms with Crippen LogP contribution in [0, 0.1) is 0 Å². The average Bonchev–Trinajstić information content (AvgIpc) is 2.73. The summed E-state index contributed by atoms with van der Waals surface area (Å²) in [5.41, 5.74) is 5.96. The second kappa shape index (κ2) is 8.89. The van der Waals surface area contributed by atoms with Gasteiger partial charge in [0.25, 0.3) is 0 Å². The van der Waals surface area contributed by atoms with E-state index in [-0.39, 0.29) is 12.4 Å². The van der Waals surface area contributed by atoms with Gasteiger partial charge in [0.05, 0.1) is 13.7 Å². The third-order valence-electron chi connectivity index (χ3n) is 6.03. The molecule has 2 aromatic carbocycles. The number of ketones is 1. The molecule has 0 amide bonds. The molecule has 0 aromatic heterocycles. The molecule has 0 saturated heterocycles. The number of ether oxygens (including phenoxy) is 2. The first kappa shape index (κ1) is 19.2. The summed E-state index contributed by atoms with van der Waals surface area (Å²) in [7, 11) is 1.77. The van der Waals surface area contributed by atoms with Crippen LogP contribution in [0.3, 0.4) is 0 Å². The van der Waals surface area contributed by atoms with Crippen molar-refractivity contribution in [1.29, 1.82) is 0 Å². The molecule has 4 nitrogen and oxygen atoms in total. The minimum atomic E-state index is 0.0995. The Balaban J connectivity index is 1.27. The molecule has 0 bridgehead atoms. The Kier molecular flexibility index (Phi) is 6.08. The lowest BCUT2D eigenvalue weighted by molar-refractivity contribution is 0.0665. The SMILES string of the molecule is COc1cccc2c1CCCC2CCNCCc1ccc2c(c1)C(=O)COC2. The van der Waals surface area contributed by atoms with Crippen molar-refractivity contribution in [2.75, 3.05) is 26.8 Å². The van der Waals surface area contributed by atoms with E-state index in [2.05, 4.69) is 29.6 Å². The lowest BCUT2D eigenvalue weighted by atomic mass is 9.80. The van der Waals surface area contributed by atoms with Crippen molar-refractivity contribution in [1.82, 2.24) is 5.32 Å². The summed E-state index contributed by atoms with van der Waals surface area (Å²) in [4.78, 5) is 12.0. The highest BCUT2D eigenvalue weighted by molar-refractivity contribution is 5.99. The molecule has 1 aliphatic heterocycles. The predicted molar refractivity (Wildman–Crippen MR) is 110 cm³/mol. The van der Waals surface area contributed by atoms with Crippen LogP contribution in [0.15, 0.2) is 36.4 Å². The van der Waals surface area contributed by atoms with Gasteiger partial charge in [-0.1, -0.05) is 24.3 Å². The molecule has 1 N–H and O–H groups in total. The first-order valence-corrected chi connectivity index (χ1v) is 10.4. The van der Waals surface area contributed by atoms with Gasteiger partial charge in [-0.15, -0.1) is 0 Å². The van der Waals surface area contributed by atoms with Crippen LogP contribution in [-0.2, 0) is 24.2 Å². The van der Waals surface area contributed by atoms with Crippen LogP contribution >= 0.6 is 0 Å². The predicted octanol–water partition coefficient (Wildman–Crippen LogP) is 4.05. The van der Waals surface area contributed by atoms with Gasteiger partial charge in [0.15, 0.2) is 5.78 Å². The van der Waals surface area contributed by atoms with Crippen LogP contribution in [0.5, 0.6) is 5.75 Å². The van der Waals surface area contributed by atoms with Crippen molar-refractivity contribution in [3.8, 4) is 5.75 Å². The number of rotatable bonds is 7. The molecular formula is C24H29NO3. The zero-order chi connectivity index (χ0) is 19.3. The van der Waals surface area contributed by atoms with Crippen molar-refractivity contribution in [3.05, 3.63) is 64.2 Å². The smallest absolute Gasteiger partial charge is 0.188 e. The normalized spacial score (nSPS) is 18.5.